The summed E-state index contributed by atoms with van der Waals surface area (Å²) in [6, 6.07) is 6.66. The van der Waals surface area contributed by atoms with E-state index in [0.717, 1.165) is 28.8 Å². The first kappa shape index (κ1) is 15.0. The molecule has 2 unspecified atom stereocenters. The Morgan fingerprint density at radius 2 is 2.29 bits per heavy atom. The lowest BCUT2D eigenvalue weighted by atomic mass is 10.2. The minimum absolute atomic E-state index is 0.540. The molecule has 2 aromatic rings. The molecule has 0 N–H and O–H groups in total. The fourth-order valence-corrected chi connectivity index (χ4v) is 4.24. The van der Waals surface area contributed by atoms with Gasteiger partial charge >= 0.3 is 0 Å². The third-order valence-corrected chi connectivity index (χ3v) is 5.63. The molecule has 1 saturated carbocycles. The second-order valence-electron chi connectivity index (χ2n) is 5.52. The quantitative estimate of drug-likeness (QED) is 0.768. The smallest absolute Gasteiger partial charge is 0.121 e. The Hall–Kier alpha value is -0.870. The largest absolute Gasteiger partial charge is 0.497 e. The summed E-state index contributed by atoms with van der Waals surface area (Å²) < 4.78 is 7.79. The van der Waals surface area contributed by atoms with Crippen molar-refractivity contribution in [2.45, 2.75) is 37.0 Å². The van der Waals surface area contributed by atoms with Crippen LogP contribution >= 0.6 is 23.4 Å². The summed E-state index contributed by atoms with van der Waals surface area (Å²) in [4.78, 5) is 4.79. The van der Waals surface area contributed by atoms with Crippen LogP contribution < -0.4 is 4.74 Å². The van der Waals surface area contributed by atoms with E-state index < -0.39 is 0 Å². The molecule has 0 spiro atoms. The summed E-state index contributed by atoms with van der Waals surface area (Å²) in [5.41, 5.74) is 2.23. The van der Waals surface area contributed by atoms with E-state index in [-0.39, 0.29) is 0 Å². The van der Waals surface area contributed by atoms with Gasteiger partial charge in [0.25, 0.3) is 0 Å². The highest BCUT2D eigenvalue weighted by Gasteiger charge is 2.28. The Bertz CT molecular complexity index is 628. The highest BCUT2D eigenvalue weighted by Crippen LogP contribution is 2.39. The molecule has 114 valence electrons. The highest BCUT2D eigenvalue weighted by molar-refractivity contribution is 7.99. The SMILES string of the molecule is COc1ccc2nc(CCCl)n(C3CCC(SC)C3)c2c1. The van der Waals surface area contributed by atoms with Gasteiger partial charge in [-0.25, -0.2) is 4.98 Å². The number of ether oxygens (including phenoxy) is 1. The van der Waals surface area contributed by atoms with E-state index in [4.69, 9.17) is 21.3 Å². The molecule has 1 aromatic carbocycles. The normalized spacial score (nSPS) is 22.0. The van der Waals surface area contributed by atoms with Crippen molar-refractivity contribution in [1.29, 1.82) is 0 Å². The Kier molecular flexibility index (Phi) is 4.65. The molecule has 0 bridgehead atoms. The zero-order valence-corrected chi connectivity index (χ0v) is 14.1. The van der Waals surface area contributed by atoms with Crippen molar-refractivity contribution in [3.63, 3.8) is 0 Å². The van der Waals surface area contributed by atoms with Gasteiger partial charge in [-0.05, 0) is 37.7 Å². The van der Waals surface area contributed by atoms with Crippen LogP contribution in [-0.2, 0) is 6.42 Å². The predicted octanol–water partition coefficient (Wildman–Crippen LogP) is 4.28. The van der Waals surface area contributed by atoms with Crippen molar-refractivity contribution >= 4 is 34.4 Å². The highest BCUT2D eigenvalue weighted by atomic mass is 35.5. The molecular weight excluding hydrogens is 304 g/mol. The van der Waals surface area contributed by atoms with Gasteiger partial charge < -0.3 is 9.30 Å². The Morgan fingerprint density at radius 1 is 1.43 bits per heavy atom. The van der Waals surface area contributed by atoms with Crippen LogP contribution in [0.4, 0.5) is 0 Å². The molecule has 0 radical (unpaired) electrons. The molecule has 5 heteroatoms. The molecule has 2 atom stereocenters. The Labute approximate surface area is 135 Å². The van der Waals surface area contributed by atoms with Crippen LogP contribution in [0.25, 0.3) is 11.0 Å². The van der Waals surface area contributed by atoms with E-state index in [2.05, 4.69) is 16.9 Å². The lowest BCUT2D eigenvalue weighted by molar-refractivity contribution is 0.415. The maximum absolute atomic E-state index is 5.97. The van der Waals surface area contributed by atoms with Gasteiger partial charge in [-0.2, -0.15) is 11.8 Å². The third kappa shape index (κ3) is 2.88. The fraction of sp³-hybridized carbons (Fsp3) is 0.562. The van der Waals surface area contributed by atoms with Gasteiger partial charge in [-0.3, -0.25) is 0 Å². The number of hydrogen-bond acceptors (Lipinski definition) is 3. The van der Waals surface area contributed by atoms with E-state index >= 15 is 0 Å². The van der Waals surface area contributed by atoms with Crippen molar-refractivity contribution in [3.05, 3.63) is 24.0 Å². The minimum atomic E-state index is 0.540. The number of thioether (sulfide) groups is 1. The predicted molar refractivity (Wildman–Crippen MR) is 90.9 cm³/mol. The first-order valence-electron chi connectivity index (χ1n) is 7.40. The number of alkyl halides is 1. The summed E-state index contributed by atoms with van der Waals surface area (Å²) in [5.74, 6) is 2.61. The monoisotopic (exact) mass is 324 g/mol. The van der Waals surface area contributed by atoms with Crippen LogP contribution in [0.2, 0.25) is 0 Å². The van der Waals surface area contributed by atoms with Gasteiger partial charge in [-0.1, -0.05) is 0 Å². The number of fused-ring (bicyclic) bond motifs is 1. The minimum Gasteiger partial charge on any atom is -0.497 e. The lowest BCUT2D eigenvalue weighted by Crippen LogP contribution is -2.11. The molecule has 1 aromatic heterocycles. The first-order chi connectivity index (χ1) is 10.3. The summed E-state index contributed by atoms with van der Waals surface area (Å²) in [5, 5.41) is 0.766. The maximum Gasteiger partial charge on any atom is 0.121 e. The zero-order chi connectivity index (χ0) is 14.8. The van der Waals surface area contributed by atoms with Crippen molar-refractivity contribution in [2.24, 2.45) is 0 Å². The van der Waals surface area contributed by atoms with Crippen LogP contribution in [0.15, 0.2) is 18.2 Å². The number of halogens is 1. The molecule has 0 saturated heterocycles. The van der Waals surface area contributed by atoms with Crippen molar-refractivity contribution in [1.82, 2.24) is 9.55 Å². The average molecular weight is 325 g/mol. The first-order valence-corrected chi connectivity index (χ1v) is 9.22. The summed E-state index contributed by atoms with van der Waals surface area (Å²) >= 11 is 7.96. The van der Waals surface area contributed by atoms with Crippen LogP contribution in [-0.4, -0.2) is 34.0 Å². The second-order valence-corrected chi connectivity index (χ2v) is 7.03. The molecule has 0 amide bonds. The van der Waals surface area contributed by atoms with Gasteiger partial charge in [-0.15, -0.1) is 11.6 Å². The van der Waals surface area contributed by atoms with Crippen LogP contribution in [0.5, 0.6) is 5.75 Å². The number of methoxy groups -OCH3 is 1. The van der Waals surface area contributed by atoms with Crippen molar-refractivity contribution in [2.75, 3.05) is 19.2 Å². The number of rotatable bonds is 5. The standard InChI is InChI=1S/C16H21ClN2OS/c1-20-12-4-6-14-15(10-12)19(16(18-14)7-8-17)11-3-5-13(9-11)21-2/h4,6,10-11,13H,3,5,7-9H2,1-2H3. The molecule has 1 aliphatic carbocycles. The van der Waals surface area contributed by atoms with E-state index in [1.165, 1.54) is 24.8 Å². The van der Waals surface area contributed by atoms with Gasteiger partial charge in [0, 0.05) is 29.7 Å². The van der Waals surface area contributed by atoms with Gasteiger partial charge in [0.15, 0.2) is 0 Å². The summed E-state index contributed by atoms with van der Waals surface area (Å²) in [7, 11) is 1.71. The third-order valence-electron chi connectivity index (χ3n) is 4.34. The number of aromatic nitrogens is 2. The summed E-state index contributed by atoms with van der Waals surface area (Å²) in [6.45, 7) is 0. The van der Waals surface area contributed by atoms with Crippen LogP contribution in [0.1, 0.15) is 31.1 Å². The second kappa shape index (κ2) is 6.49. The molecular formula is C16H21ClN2OS. The van der Waals surface area contributed by atoms with Gasteiger partial charge in [0.1, 0.15) is 11.6 Å². The number of imidazole rings is 1. The van der Waals surface area contributed by atoms with E-state index in [1.54, 1.807) is 7.11 Å². The molecule has 1 fully saturated rings. The number of aryl methyl sites for hydroxylation is 1. The molecule has 21 heavy (non-hydrogen) atoms. The lowest BCUT2D eigenvalue weighted by Gasteiger charge is -2.17. The van der Waals surface area contributed by atoms with Crippen molar-refractivity contribution in [3.8, 4) is 5.75 Å². The van der Waals surface area contributed by atoms with E-state index in [1.807, 2.05) is 23.9 Å². The van der Waals surface area contributed by atoms with E-state index in [9.17, 15) is 0 Å². The van der Waals surface area contributed by atoms with Crippen LogP contribution in [0.3, 0.4) is 0 Å². The molecule has 3 nitrogen and oxygen atoms in total. The fourth-order valence-electron chi connectivity index (χ4n) is 3.28. The Morgan fingerprint density at radius 3 is 2.95 bits per heavy atom. The number of hydrogen-bond donors (Lipinski definition) is 0. The van der Waals surface area contributed by atoms with Crippen LogP contribution in [0, 0.1) is 0 Å². The van der Waals surface area contributed by atoms with E-state index in [0.29, 0.717) is 11.9 Å². The number of benzene rings is 1. The number of nitrogens with zero attached hydrogens (tertiary/aromatic N) is 2. The molecule has 0 aliphatic heterocycles. The average Bonchev–Trinajstić information content (AvgIpc) is 3.10. The maximum atomic E-state index is 5.97. The van der Waals surface area contributed by atoms with Gasteiger partial charge in [0.2, 0.25) is 0 Å². The van der Waals surface area contributed by atoms with Gasteiger partial charge in [0.05, 0.1) is 18.1 Å². The zero-order valence-electron chi connectivity index (χ0n) is 12.5. The molecule has 3 rings (SSSR count). The molecule has 1 aliphatic rings. The Balaban J connectivity index is 2.06. The van der Waals surface area contributed by atoms with Crippen molar-refractivity contribution < 1.29 is 4.74 Å². The molecule has 1 heterocycles. The summed E-state index contributed by atoms with van der Waals surface area (Å²) in [6.07, 6.45) is 6.76. The topological polar surface area (TPSA) is 27.1 Å².